The fraction of sp³-hybridized carbons (Fsp3) is 0.370. The van der Waals surface area contributed by atoms with Gasteiger partial charge in [-0.15, -0.1) is 10.2 Å². The molecule has 0 bridgehead atoms. The molecule has 8 heteroatoms. The van der Waals surface area contributed by atoms with Crippen LogP contribution in [0.25, 0.3) is 0 Å². The van der Waals surface area contributed by atoms with E-state index in [1.54, 1.807) is 36.4 Å². The second-order valence-corrected chi connectivity index (χ2v) is 9.53. The molecule has 3 aromatic rings. The average Bonchev–Trinajstić information content (AvgIpc) is 3.53. The van der Waals surface area contributed by atoms with E-state index in [0.717, 1.165) is 55.9 Å². The quantitative estimate of drug-likeness (QED) is 0.543. The molecule has 1 saturated heterocycles. The van der Waals surface area contributed by atoms with Crippen LogP contribution >= 0.6 is 0 Å². The van der Waals surface area contributed by atoms with Crippen LogP contribution in [0.4, 0.5) is 0 Å². The van der Waals surface area contributed by atoms with Crippen molar-refractivity contribution in [3.8, 4) is 0 Å². The van der Waals surface area contributed by atoms with Gasteiger partial charge in [-0.1, -0.05) is 30.7 Å². The van der Waals surface area contributed by atoms with Gasteiger partial charge in [-0.05, 0) is 55.5 Å². The summed E-state index contributed by atoms with van der Waals surface area (Å²) < 4.78 is 2.23. The maximum absolute atomic E-state index is 13.4. The summed E-state index contributed by atoms with van der Waals surface area (Å²) >= 11 is 0. The lowest BCUT2D eigenvalue weighted by atomic mass is 10.1. The van der Waals surface area contributed by atoms with Crippen molar-refractivity contribution in [3.63, 3.8) is 0 Å². The van der Waals surface area contributed by atoms with Gasteiger partial charge in [0, 0.05) is 25.1 Å². The normalized spacial score (nSPS) is 19.6. The smallest absolute Gasteiger partial charge is 0.261 e. The highest BCUT2D eigenvalue weighted by atomic mass is 16.2. The number of aryl methyl sites for hydroxylation is 1. The van der Waals surface area contributed by atoms with Crippen molar-refractivity contribution in [2.45, 2.75) is 57.7 Å². The minimum Gasteiger partial charge on any atom is -0.328 e. The highest BCUT2D eigenvalue weighted by molar-refractivity contribution is 6.21. The van der Waals surface area contributed by atoms with Gasteiger partial charge in [-0.2, -0.15) is 0 Å². The Labute approximate surface area is 203 Å². The molecule has 35 heavy (non-hydrogen) atoms. The van der Waals surface area contributed by atoms with Crippen LogP contribution < -0.4 is 0 Å². The van der Waals surface area contributed by atoms with Gasteiger partial charge in [-0.25, -0.2) is 0 Å². The van der Waals surface area contributed by atoms with Crippen molar-refractivity contribution >= 4 is 17.7 Å². The fourth-order valence-electron chi connectivity index (χ4n) is 5.52. The van der Waals surface area contributed by atoms with Crippen LogP contribution in [0.3, 0.4) is 0 Å². The molecule has 2 aromatic carbocycles. The zero-order valence-corrected chi connectivity index (χ0v) is 19.5. The lowest BCUT2D eigenvalue weighted by Crippen LogP contribution is -2.32. The standard InChI is InChI=1S/C27H27N5O3/c33-25(30-16-6-9-22(30)24-29-28-23-10-2-1-5-15-31(23)24)19-13-11-18(12-14-19)17-32-26(34)20-7-3-4-8-21(20)27(32)35/h3-4,7-8,11-14,22H,1-2,5-6,9-10,15-17H2. The van der Waals surface area contributed by atoms with Crippen molar-refractivity contribution in [1.82, 2.24) is 24.6 Å². The Morgan fingerprint density at radius 1 is 0.857 bits per heavy atom. The molecule has 3 aliphatic heterocycles. The number of imide groups is 1. The molecule has 0 spiro atoms. The van der Waals surface area contributed by atoms with Crippen LogP contribution in [0.15, 0.2) is 48.5 Å². The summed E-state index contributed by atoms with van der Waals surface area (Å²) in [5.41, 5.74) is 2.28. The van der Waals surface area contributed by atoms with E-state index < -0.39 is 0 Å². The van der Waals surface area contributed by atoms with Crippen molar-refractivity contribution in [1.29, 1.82) is 0 Å². The van der Waals surface area contributed by atoms with Gasteiger partial charge in [0.2, 0.25) is 0 Å². The van der Waals surface area contributed by atoms with E-state index in [2.05, 4.69) is 14.8 Å². The molecule has 0 aliphatic carbocycles. The second-order valence-electron chi connectivity index (χ2n) is 9.53. The molecular weight excluding hydrogens is 442 g/mol. The summed E-state index contributed by atoms with van der Waals surface area (Å²) in [7, 11) is 0. The molecule has 3 aliphatic rings. The third kappa shape index (κ3) is 3.73. The third-order valence-corrected chi connectivity index (χ3v) is 7.37. The number of fused-ring (bicyclic) bond motifs is 2. The highest BCUT2D eigenvalue weighted by Gasteiger charge is 2.36. The number of rotatable bonds is 4. The van der Waals surface area contributed by atoms with Crippen LogP contribution in [0, 0.1) is 0 Å². The first-order valence-corrected chi connectivity index (χ1v) is 12.4. The number of carbonyl (C=O) groups is 3. The average molecular weight is 470 g/mol. The molecule has 4 heterocycles. The van der Waals surface area contributed by atoms with Gasteiger partial charge < -0.3 is 9.47 Å². The summed E-state index contributed by atoms with van der Waals surface area (Å²) in [6.45, 7) is 1.80. The lowest BCUT2D eigenvalue weighted by Gasteiger charge is -2.25. The number of hydrogen-bond donors (Lipinski definition) is 0. The van der Waals surface area contributed by atoms with Crippen molar-refractivity contribution < 1.29 is 14.4 Å². The maximum atomic E-state index is 13.4. The predicted molar refractivity (Wildman–Crippen MR) is 128 cm³/mol. The van der Waals surface area contributed by atoms with Crippen molar-refractivity contribution in [3.05, 3.63) is 82.4 Å². The Kier molecular flexibility index (Phi) is 5.43. The summed E-state index contributed by atoms with van der Waals surface area (Å²) in [4.78, 5) is 42.0. The van der Waals surface area contributed by atoms with Crippen molar-refractivity contribution in [2.24, 2.45) is 0 Å². The van der Waals surface area contributed by atoms with E-state index in [4.69, 9.17) is 0 Å². The van der Waals surface area contributed by atoms with Crippen LogP contribution in [-0.2, 0) is 19.5 Å². The second kappa shape index (κ2) is 8.76. The number of benzene rings is 2. The van der Waals surface area contributed by atoms with E-state index in [9.17, 15) is 14.4 Å². The molecule has 0 N–H and O–H groups in total. The first kappa shape index (κ1) is 21.7. The number of likely N-dealkylation sites (tertiary alicyclic amines) is 1. The van der Waals surface area contributed by atoms with E-state index in [1.807, 2.05) is 17.0 Å². The van der Waals surface area contributed by atoms with E-state index in [0.29, 0.717) is 23.2 Å². The molecule has 1 atom stereocenters. The Balaban J connectivity index is 1.18. The summed E-state index contributed by atoms with van der Waals surface area (Å²) in [5, 5.41) is 8.93. The van der Waals surface area contributed by atoms with Gasteiger partial charge >= 0.3 is 0 Å². The van der Waals surface area contributed by atoms with E-state index in [-0.39, 0.29) is 30.3 Å². The molecular formula is C27H27N5O3. The zero-order chi connectivity index (χ0) is 23.9. The van der Waals surface area contributed by atoms with Gasteiger partial charge in [0.1, 0.15) is 5.82 Å². The Morgan fingerprint density at radius 2 is 1.60 bits per heavy atom. The first-order chi connectivity index (χ1) is 17.1. The summed E-state index contributed by atoms with van der Waals surface area (Å²) in [5.74, 6) is 1.37. The minimum absolute atomic E-state index is 0.0225. The summed E-state index contributed by atoms with van der Waals surface area (Å²) in [6.07, 6.45) is 6.23. The predicted octanol–water partition coefficient (Wildman–Crippen LogP) is 3.78. The number of amides is 3. The van der Waals surface area contributed by atoms with Gasteiger partial charge in [0.15, 0.2) is 5.82 Å². The number of nitrogens with zero attached hydrogens (tertiary/aromatic N) is 5. The zero-order valence-electron chi connectivity index (χ0n) is 19.5. The topological polar surface area (TPSA) is 88.4 Å². The Hall–Kier alpha value is -3.81. The molecule has 1 aromatic heterocycles. The number of carbonyl (C=O) groups excluding carboxylic acids is 3. The molecule has 0 radical (unpaired) electrons. The Bertz CT molecular complexity index is 1280. The van der Waals surface area contributed by atoms with Crippen LogP contribution in [0.1, 0.15) is 86.4 Å². The largest absolute Gasteiger partial charge is 0.328 e. The fourth-order valence-corrected chi connectivity index (χ4v) is 5.52. The first-order valence-electron chi connectivity index (χ1n) is 12.4. The highest BCUT2D eigenvalue weighted by Crippen LogP contribution is 2.33. The van der Waals surface area contributed by atoms with Gasteiger partial charge in [-0.3, -0.25) is 19.3 Å². The summed E-state index contributed by atoms with van der Waals surface area (Å²) in [6, 6.07) is 14.0. The van der Waals surface area contributed by atoms with Crippen LogP contribution in [0.2, 0.25) is 0 Å². The number of aromatic nitrogens is 3. The lowest BCUT2D eigenvalue weighted by molar-refractivity contribution is 0.0640. The molecule has 6 rings (SSSR count). The molecule has 3 amide bonds. The number of hydrogen-bond acceptors (Lipinski definition) is 5. The Morgan fingerprint density at radius 3 is 2.34 bits per heavy atom. The van der Waals surface area contributed by atoms with E-state index in [1.165, 1.54) is 11.3 Å². The van der Waals surface area contributed by atoms with Crippen molar-refractivity contribution in [2.75, 3.05) is 6.54 Å². The van der Waals surface area contributed by atoms with Gasteiger partial charge in [0.25, 0.3) is 17.7 Å². The van der Waals surface area contributed by atoms with Gasteiger partial charge in [0.05, 0.1) is 23.7 Å². The molecule has 1 unspecified atom stereocenters. The molecule has 178 valence electrons. The van der Waals surface area contributed by atoms with Crippen LogP contribution in [-0.4, -0.2) is 48.8 Å². The third-order valence-electron chi connectivity index (χ3n) is 7.37. The minimum atomic E-state index is -0.280. The SMILES string of the molecule is O=C1c2ccccc2C(=O)N1Cc1ccc(C(=O)N2CCCC2c2nnc3n2CCCCC3)cc1. The monoisotopic (exact) mass is 469 g/mol. The maximum Gasteiger partial charge on any atom is 0.261 e. The molecule has 0 saturated carbocycles. The van der Waals surface area contributed by atoms with Crippen LogP contribution in [0.5, 0.6) is 0 Å². The molecule has 1 fully saturated rings. The molecule has 8 nitrogen and oxygen atoms in total. The van der Waals surface area contributed by atoms with E-state index >= 15 is 0 Å².